The van der Waals surface area contributed by atoms with E-state index in [0.29, 0.717) is 25.7 Å². The summed E-state index contributed by atoms with van der Waals surface area (Å²) in [6, 6.07) is 0. The summed E-state index contributed by atoms with van der Waals surface area (Å²) in [6.45, 7) is 5.26. The number of hydrogen-bond acceptors (Lipinski definition) is 7. The van der Waals surface area contributed by atoms with Gasteiger partial charge in [0.25, 0.3) is 5.91 Å². The molecule has 1 N–H and O–H groups in total. The van der Waals surface area contributed by atoms with Gasteiger partial charge >= 0.3 is 12.1 Å². The van der Waals surface area contributed by atoms with Gasteiger partial charge in [0, 0.05) is 25.2 Å². The Morgan fingerprint density at radius 1 is 1.10 bits per heavy atom. The van der Waals surface area contributed by atoms with Crippen molar-refractivity contribution in [1.29, 1.82) is 0 Å². The Labute approximate surface area is 178 Å². The van der Waals surface area contributed by atoms with Crippen molar-refractivity contribution in [2.75, 3.05) is 6.61 Å². The Kier molecular flexibility index (Phi) is 5.35. The molecular weight excluding hydrogens is 423 g/mol. The van der Waals surface area contributed by atoms with Gasteiger partial charge in [-0.05, 0) is 38.0 Å². The van der Waals surface area contributed by atoms with Crippen molar-refractivity contribution < 1.29 is 46.7 Å². The number of amides is 1. The molecular formula is C20H28F3NO7. The maximum Gasteiger partial charge on any atom is 0.437 e. The molecule has 0 aromatic carbocycles. The molecule has 2 bridgehead atoms. The molecule has 11 heteroatoms. The molecule has 8 atom stereocenters. The van der Waals surface area contributed by atoms with Crippen LogP contribution in [-0.4, -0.2) is 48.1 Å². The fourth-order valence-corrected chi connectivity index (χ4v) is 5.89. The lowest BCUT2D eigenvalue weighted by molar-refractivity contribution is -0.584. The highest BCUT2D eigenvalue weighted by molar-refractivity contribution is 5.80. The molecule has 1 saturated carbocycles. The number of nitrogens with one attached hydrogen (secondary N) is 1. The molecule has 1 spiro atoms. The third kappa shape index (κ3) is 3.35. The molecule has 4 heterocycles. The van der Waals surface area contributed by atoms with E-state index in [-0.39, 0.29) is 11.8 Å². The second-order valence-corrected chi connectivity index (χ2v) is 9.38. The molecule has 5 aliphatic rings. The van der Waals surface area contributed by atoms with Gasteiger partial charge in [0.2, 0.25) is 11.5 Å². The Hall–Kier alpha value is -1.43. The minimum atomic E-state index is -4.96. The molecule has 5 fully saturated rings. The summed E-state index contributed by atoms with van der Waals surface area (Å²) >= 11 is 0. The number of alkyl halides is 3. The van der Waals surface area contributed by atoms with Crippen molar-refractivity contribution in [3.63, 3.8) is 0 Å². The Bertz CT molecular complexity index is 764. The fourth-order valence-electron chi connectivity index (χ4n) is 5.89. The first-order chi connectivity index (χ1) is 14.3. The molecule has 1 amide bonds. The van der Waals surface area contributed by atoms with E-state index in [2.05, 4.69) is 4.74 Å². The van der Waals surface area contributed by atoms with Crippen LogP contribution in [0.25, 0.3) is 0 Å². The molecule has 0 aromatic rings. The smallest absolute Gasteiger partial charge is 0.437 e. The van der Waals surface area contributed by atoms with Gasteiger partial charge in [-0.15, -0.1) is 0 Å². The van der Waals surface area contributed by atoms with E-state index in [1.807, 2.05) is 12.2 Å². The SMILES string of the molecule is CC(=O)OCC(=O)N[C@@]1(C(F)(F)F)O[C@@H]2O[C@]3(C)CCC4[C@H](C)CC[C@@H]([C@H]1C)[C@]42OO3. The van der Waals surface area contributed by atoms with Crippen LogP contribution in [-0.2, 0) is 33.6 Å². The lowest BCUT2D eigenvalue weighted by atomic mass is 9.56. The second-order valence-electron chi connectivity index (χ2n) is 9.38. The maximum absolute atomic E-state index is 14.5. The van der Waals surface area contributed by atoms with E-state index in [4.69, 9.17) is 19.2 Å². The largest absolute Gasteiger partial charge is 0.456 e. The highest BCUT2D eigenvalue weighted by Gasteiger charge is 2.77. The lowest BCUT2D eigenvalue weighted by Gasteiger charge is -2.63. The second kappa shape index (κ2) is 7.29. The molecule has 1 unspecified atom stereocenters. The zero-order valence-corrected chi connectivity index (χ0v) is 17.9. The van der Waals surface area contributed by atoms with Crippen LogP contribution >= 0.6 is 0 Å². The average molecular weight is 451 g/mol. The number of rotatable bonds is 3. The Balaban J connectivity index is 1.75. The lowest BCUT2D eigenvalue weighted by Crippen LogP contribution is -2.79. The number of carbonyl (C=O) groups is 2. The van der Waals surface area contributed by atoms with Crippen molar-refractivity contribution in [2.24, 2.45) is 23.7 Å². The summed E-state index contributed by atoms with van der Waals surface area (Å²) in [4.78, 5) is 34.8. The summed E-state index contributed by atoms with van der Waals surface area (Å²) in [7, 11) is 0. The average Bonchev–Trinajstić information content (AvgIpc) is 2.89. The van der Waals surface area contributed by atoms with Crippen LogP contribution < -0.4 is 5.32 Å². The first kappa shape index (κ1) is 22.8. The molecule has 0 aromatic heterocycles. The van der Waals surface area contributed by atoms with Gasteiger partial charge in [-0.2, -0.15) is 13.2 Å². The van der Waals surface area contributed by atoms with Gasteiger partial charge in [0.15, 0.2) is 18.5 Å². The van der Waals surface area contributed by atoms with E-state index in [0.717, 1.165) is 6.92 Å². The first-order valence-corrected chi connectivity index (χ1v) is 10.6. The van der Waals surface area contributed by atoms with Gasteiger partial charge in [-0.25, -0.2) is 9.78 Å². The number of esters is 1. The van der Waals surface area contributed by atoms with Gasteiger partial charge in [0.1, 0.15) is 0 Å². The van der Waals surface area contributed by atoms with E-state index in [1.54, 1.807) is 6.92 Å². The van der Waals surface area contributed by atoms with Crippen LogP contribution in [0.5, 0.6) is 0 Å². The van der Waals surface area contributed by atoms with Crippen molar-refractivity contribution >= 4 is 11.9 Å². The minimum Gasteiger partial charge on any atom is -0.456 e. The van der Waals surface area contributed by atoms with Crippen LogP contribution in [0.15, 0.2) is 0 Å². The summed E-state index contributed by atoms with van der Waals surface area (Å²) in [5, 5.41) is 1.97. The third-order valence-corrected chi connectivity index (χ3v) is 7.47. The zero-order chi connectivity index (χ0) is 22.8. The molecule has 0 radical (unpaired) electrons. The summed E-state index contributed by atoms with van der Waals surface area (Å²) < 4.78 is 59.8. The fraction of sp³-hybridized carbons (Fsp3) is 0.900. The minimum absolute atomic E-state index is 0.119. The standard InChI is InChI=1S/C20H28F3NO7/c1-10-5-6-14-11(2)19(20(21,22)23,24-15(26)9-27-12(3)25)29-16-18(14)13(10)7-8-17(4,28-16)30-31-18/h10-11,13-14,16H,5-9H2,1-4H3,(H,24,26)/t10-,11-,13?,14+,16+,17+,18-,19-/m1/s1. The zero-order valence-electron chi connectivity index (χ0n) is 17.9. The topological polar surface area (TPSA) is 92.3 Å². The Morgan fingerprint density at radius 3 is 2.45 bits per heavy atom. The molecule has 1 aliphatic carbocycles. The van der Waals surface area contributed by atoms with Gasteiger partial charge < -0.3 is 19.5 Å². The third-order valence-electron chi connectivity index (χ3n) is 7.47. The van der Waals surface area contributed by atoms with Crippen LogP contribution in [0.4, 0.5) is 13.2 Å². The van der Waals surface area contributed by atoms with Crippen molar-refractivity contribution in [3.8, 4) is 0 Å². The highest BCUT2D eigenvalue weighted by atomic mass is 19.4. The predicted octanol–water partition coefficient (Wildman–Crippen LogP) is 2.81. The summed E-state index contributed by atoms with van der Waals surface area (Å²) in [5.41, 5.74) is -4.23. The van der Waals surface area contributed by atoms with Crippen molar-refractivity contribution in [1.82, 2.24) is 5.32 Å². The van der Waals surface area contributed by atoms with Crippen molar-refractivity contribution in [3.05, 3.63) is 0 Å². The van der Waals surface area contributed by atoms with Gasteiger partial charge in [-0.3, -0.25) is 9.59 Å². The summed E-state index contributed by atoms with van der Waals surface area (Å²) in [6.07, 6.45) is -4.10. The first-order valence-electron chi connectivity index (χ1n) is 10.6. The molecule has 4 saturated heterocycles. The molecule has 4 aliphatic heterocycles. The van der Waals surface area contributed by atoms with Crippen LogP contribution in [0.3, 0.4) is 0 Å². The highest BCUT2D eigenvalue weighted by Crippen LogP contribution is 2.63. The summed E-state index contributed by atoms with van der Waals surface area (Å²) in [5.74, 6) is -4.94. The number of halogens is 3. The number of hydrogen-bond donors (Lipinski definition) is 1. The van der Waals surface area contributed by atoms with E-state index < -0.39 is 59.9 Å². The van der Waals surface area contributed by atoms with E-state index in [9.17, 15) is 22.8 Å². The molecule has 5 rings (SSSR count). The monoisotopic (exact) mass is 451 g/mol. The molecule has 31 heavy (non-hydrogen) atoms. The van der Waals surface area contributed by atoms with E-state index in [1.165, 1.54) is 6.92 Å². The molecule has 8 nitrogen and oxygen atoms in total. The molecule has 176 valence electrons. The number of ether oxygens (including phenoxy) is 3. The quantitative estimate of drug-likeness (QED) is 0.521. The number of fused-ring (bicyclic) bond motifs is 2. The van der Waals surface area contributed by atoms with Crippen LogP contribution in [0, 0.1) is 23.7 Å². The van der Waals surface area contributed by atoms with Crippen LogP contribution in [0.2, 0.25) is 0 Å². The van der Waals surface area contributed by atoms with Crippen molar-refractivity contribution in [2.45, 2.75) is 83.0 Å². The van der Waals surface area contributed by atoms with Gasteiger partial charge in [0.05, 0.1) is 0 Å². The van der Waals surface area contributed by atoms with Crippen LogP contribution in [0.1, 0.15) is 53.4 Å². The predicted molar refractivity (Wildman–Crippen MR) is 96.6 cm³/mol. The number of carbonyl (C=O) groups excluding carboxylic acids is 2. The normalized spacial score (nSPS) is 46.6. The van der Waals surface area contributed by atoms with Gasteiger partial charge in [-0.1, -0.05) is 13.8 Å². The van der Waals surface area contributed by atoms with E-state index >= 15 is 0 Å². The maximum atomic E-state index is 14.5. The Morgan fingerprint density at radius 2 is 1.81 bits per heavy atom.